The van der Waals surface area contributed by atoms with Gasteiger partial charge in [0.25, 0.3) is 0 Å². The van der Waals surface area contributed by atoms with Crippen molar-refractivity contribution in [1.82, 2.24) is 4.90 Å². The minimum atomic E-state index is -1.65. The van der Waals surface area contributed by atoms with E-state index in [0.717, 1.165) is 11.0 Å². The van der Waals surface area contributed by atoms with E-state index in [1.165, 1.54) is 5.56 Å². The molecule has 1 atom stereocenters. The Morgan fingerprint density at radius 3 is 2.37 bits per heavy atom. The van der Waals surface area contributed by atoms with E-state index in [1.54, 1.807) is 31.2 Å². The number of piperidine rings is 1. The van der Waals surface area contributed by atoms with Crippen molar-refractivity contribution in [3.63, 3.8) is 0 Å². The van der Waals surface area contributed by atoms with Crippen molar-refractivity contribution < 1.29 is 18.8 Å². The van der Waals surface area contributed by atoms with E-state index in [0.29, 0.717) is 36.6 Å². The van der Waals surface area contributed by atoms with Gasteiger partial charge < -0.3 is 9.84 Å². The van der Waals surface area contributed by atoms with Gasteiger partial charge >= 0.3 is 5.97 Å². The summed E-state index contributed by atoms with van der Waals surface area (Å²) >= 11 is 3.43. The largest absolute Gasteiger partial charge is 0.481 e. The molecule has 2 aromatic rings. The summed E-state index contributed by atoms with van der Waals surface area (Å²) in [5.41, 5.74) is 1.17. The molecule has 3 rings (SSSR count). The maximum absolute atomic E-state index is 13.3. The first-order valence-electron chi connectivity index (χ1n) is 9.69. The molecule has 0 amide bonds. The van der Waals surface area contributed by atoms with Gasteiger partial charge in [-0.2, -0.15) is 0 Å². The Balaban J connectivity index is 1.67. The molecule has 0 aliphatic carbocycles. The molecule has 1 N–H and O–H groups in total. The van der Waals surface area contributed by atoms with Gasteiger partial charge in [-0.25, -0.2) is 0 Å². The maximum atomic E-state index is 13.3. The van der Waals surface area contributed by atoms with E-state index in [9.17, 15) is 14.1 Å². The number of aliphatic carboxylic acids is 1. The van der Waals surface area contributed by atoms with Crippen LogP contribution < -0.4 is 4.74 Å². The molecule has 0 saturated carbocycles. The summed E-state index contributed by atoms with van der Waals surface area (Å²) in [5, 5.41) is 9.97. The van der Waals surface area contributed by atoms with Gasteiger partial charge in [0, 0.05) is 29.0 Å². The van der Waals surface area contributed by atoms with Gasteiger partial charge in [0.1, 0.15) is 17.1 Å². The molecule has 30 heavy (non-hydrogen) atoms. The fraction of sp³-hybridized carbons (Fsp3) is 0.348. The number of likely N-dealkylation sites (tertiary alicyclic amines) is 1. The summed E-state index contributed by atoms with van der Waals surface area (Å²) in [6.07, 6.45) is 0.686. The first kappa shape index (κ1) is 22.5. The molecule has 1 unspecified atom stereocenters. The summed E-state index contributed by atoms with van der Waals surface area (Å²) < 4.78 is 18.5. The number of hydrogen-bond acceptors (Lipinski definition) is 4. The number of ether oxygens (including phenoxy) is 1. The van der Waals surface area contributed by atoms with Crippen molar-refractivity contribution >= 4 is 32.7 Å². The number of hydrogen-bond donors (Lipinski definition) is 1. The van der Waals surface area contributed by atoms with Crippen molar-refractivity contribution in [2.75, 3.05) is 19.7 Å². The Morgan fingerprint density at radius 1 is 1.17 bits per heavy atom. The molecule has 5 nitrogen and oxygen atoms in total. The molecule has 2 aromatic carbocycles. The monoisotopic (exact) mass is 489 g/mol. The third-order valence-electron chi connectivity index (χ3n) is 5.25. The number of rotatable bonds is 7. The van der Waals surface area contributed by atoms with Crippen LogP contribution in [0.1, 0.15) is 25.3 Å². The quantitative estimate of drug-likeness (QED) is 0.593. The first-order chi connectivity index (χ1) is 14.4. The highest BCUT2D eigenvalue weighted by Gasteiger charge is 2.47. The van der Waals surface area contributed by atoms with Crippen LogP contribution in [-0.2, 0) is 22.1 Å². The minimum Gasteiger partial charge on any atom is -0.481 e. The number of nitrogens with zero attached hydrogens (tertiary/aromatic N) is 1. The van der Waals surface area contributed by atoms with E-state index in [1.807, 2.05) is 12.1 Å². The van der Waals surface area contributed by atoms with Gasteiger partial charge in [-0.05, 0) is 61.7 Å². The van der Waals surface area contributed by atoms with Crippen LogP contribution in [0.3, 0.4) is 0 Å². The van der Waals surface area contributed by atoms with Crippen LogP contribution in [0, 0.1) is 11.8 Å². The highest BCUT2D eigenvalue weighted by atomic mass is 79.9. The molecule has 1 fully saturated rings. The zero-order valence-electron chi connectivity index (χ0n) is 16.8. The fourth-order valence-corrected chi connectivity index (χ4v) is 5.29. The van der Waals surface area contributed by atoms with Gasteiger partial charge in [0.15, 0.2) is 0 Å². The van der Waals surface area contributed by atoms with Crippen LogP contribution in [0.4, 0.5) is 0 Å². The molecular formula is C23H24BrNO4S. The molecular weight excluding hydrogens is 466 g/mol. The van der Waals surface area contributed by atoms with Gasteiger partial charge in [-0.3, -0.25) is 13.9 Å². The molecule has 0 aromatic heterocycles. The molecule has 1 aliphatic heterocycles. The van der Waals surface area contributed by atoms with E-state index < -0.39 is 21.5 Å². The summed E-state index contributed by atoms with van der Waals surface area (Å²) in [7, 11) is -1.65. The van der Waals surface area contributed by atoms with E-state index in [2.05, 4.69) is 44.8 Å². The highest BCUT2D eigenvalue weighted by Crippen LogP contribution is 2.34. The minimum absolute atomic E-state index is 0.284. The molecule has 0 radical (unpaired) electrons. The van der Waals surface area contributed by atoms with Crippen LogP contribution in [-0.4, -0.2) is 44.6 Å². The third-order valence-corrected chi connectivity index (χ3v) is 7.78. The van der Waals surface area contributed by atoms with Gasteiger partial charge in [-0.15, -0.1) is 5.92 Å². The third kappa shape index (κ3) is 5.31. The summed E-state index contributed by atoms with van der Waals surface area (Å²) in [6.45, 7) is 3.95. The van der Waals surface area contributed by atoms with Crippen LogP contribution in [0.15, 0.2) is 57.9 Å². The maximum Gasteiger partial charge on any atom is 0.322 e. The van der Waals surface area contributed by atoms with Gasteiger partial charge in [-0.1, -0.05) is 34.0 Å². The van der Waals surface area contributed by atoms with Crippen molar-refractivity contribution in [2.24, 2.45) is 0 Å². The second kappa shape index (κ2) is 10.3. The summed E-state index contributed by atoms with van der Waals surface area (Å²) in [4.78, 5) is 14.9. The average Bonchev–Trinajstić information content (AvgIpc) is 2.76. The second-order valence-electron chi connectivity index (χ2n) is 7.16. The number of carboxylic acids is 1. The Morgan fingerprint density at radius 2 is 1.80 bits per heavy atom. The van der Waals surface area contributed by atoms with E-state index in [4.69, 9.17) is 4.74 Å². The molecule has 0 spiro atoms. The Hall–Kier alpha value is -2.14. The normalized spacial score (nSPS) is 16.9. The number of benzene rings is 2. The fourth-order valence-electron chi connectivity index (χ4n) is 3.48. The number of carboxylic acid groups (broad SMARTS) is 1. The number of carbonyl (C=O) groups is 1. The van der Waals surface area contributed by atoms with E-state index >= 15 is 0 Å². The zero-order chi connectivity index (χ0) is 21.6. The predicted molar refractivity (Wildman–Crippen MR) is 121 cm³/mol. The van der Waals surface area contributed by atoms with Crippen LogP contribution in [0.25, 0.3) is 0 Å². The standard InChI is InChI=1S/C23H24BrNO4S/c1-2-3-16-29-20-8-10-21(11-9-20)30(28)23(22(26)27)12-14-25(15-13-23)17-18-4-6-19(24)7-5-18/h4-11H,12-17H2,1H3,(H,26,27). The second-order valence-corrected chi connectivity index (χ2v) is 9.86. The van der Waals surface area contributed by atoms with Crippen molar-refractivity contribution in [1.29, 1.82) is 0 Å². The molecule has 7 heteroatoms. The number of halogens is 1. The smallest absolute Gasteiger partial charge is 0.322 e. The predicted octanol–water partition coefficient (Wildman–Crippen LogP) is 4.08. The van der Waals surface area contributed by atoms with Crippen LogP contribution in [0.2, 0.25) is 0 Å². The van der Waals surface area contributed by atoms with Crippen molar-refractivity contribution in [3.8, 4) is 17.6 Å². The van der Waals surface area contributed by atoms with E-state index in [-0.39, 0.29) is 6.61 Å². The molecule has 1 heterocycles. The average molecular weight is 490 g/mol. The van der Waals surface area contributed by atoms with Gasteiger partial charge in [0.05, 0.1) is 10.8 Å². The molecule has 1 saturated heterocycles. The SMILES string of the molecule is CC#CCOc1ccc(S(=O)C2(C(=O)O)CCN(Cc3ccc(Br)cc3)CC2)cc1. The topological polar surface area (TPSA) is 66.8 Å². The lowest BCUT2D eigenvalue weighted by Crippen LogP contribution is -2.51. The molecule has 1 aliphatic rings. The van der Waals surface area contributed by atoms with Crippen LogP contribution >= 0.6 is 15.9 Å². The first-order valence-corrected chi connectivity index (χ1v) is 11.6. The zero-order valence-corrected chi connectivity index (χ0v) is 19.2. The molecule has 158 valence electrons. The summed E-state index contributed by atoms with van der Waals surface area (Å²) in [6, 6.07) is 14.9. The highest BCUT2D eigenvalue weighted by molar-refractivity contribution is 9.10. The van der Waals surface area contributed by atoms with Crippen LogP contribution in [0.5, 0.6) is 5.75 Å². The Labute approximate surface area is 188 Å². The molecule has 0 bridgehead atoms. The Kier molecular flexibility index (Phi) is 7.70. The van der Waals surface area contributed by atoms with Crippen molar-refractivity contribution in [3.05, 3.63) is 58.6 Å². The van der Waals surface area contributed by atoms with Gasteiger partial charge in [0.2, 0.25) is 0 Å². The summed E-state index contributed by atoms with van der Waals surface area (Å²) in [5.74, 6) is 5.19. The lowest BCUT2D eigenvalue weighted by molar-refractivity contribution is -0.141. The van der Waals surface area contributed by atoms with Crippen molar-refractivity contribution in [2.45, 2.75) is 36.0 Å². The lowest BCUT2D eigenvalue weighted by atomic mass is 9.95. The Bertz CT molecular complexity index is 955. The lowest BCUT2D eigenvalue weighted by Gasteiger charge is -2.38.